The molecular formula is C18H27N3O3. The van der Waals surface area contributed by atoms with Gasteiger partial charge in [-0.15, -0.1) is 0 Å². The predicted octanol–water partition coefficient (Wildman–Crippen LogP) is 2.06. The number of amides is 3. The summed E-state index contributed by atoms with van der Waals surface area (Å²) in [7, 11) is 0. The molecule has 2 rings (SSSR count). The van der Waals surface area contributed by atoms with E-state index in [0.717, 1.165) is 5.75 Å². The lowest BCUT2D eigenvalue weighted by molar-refractivity contribution is -0.134. The number of rotatable bonds is 5. The number of nitrogens with one attached hydrogen (secondary N) is 1. The van der Waals surface area contributed by atoms with Crippen LogP contribution in [0.4, 0.5) is 4.79 Å². The molecule has 1 heterocycles. The topological polar surface area (TPSA) is 61.9 Å². The van der Waals surface area contributed by atoms with Gasteiger partial charge in [0.05, 0.1) is 0 Å². The Labute approximate surface area is 143 Å². The first-order valence-electron chi connectivity index (χ1n) is 8.54. The van der Waals surface area contributed by atoms with Crippen molar-refractivity contribution in [1.29, 1.82) is 0 Å². The smallest absolute Gasteiger partial charge is 0.317 e. The summed E-state index contributed by atoms with van der Waals surface area (Å²) in [6.07, 6.45) is 0. The van der Waals surface area contributed by atoms with E-state index in [1.165, 1.54) is 5.56 Å². The van der Waals surface area contributed by atoms with E-state index >= 15 is 0 Å². The van der Waals surface area contributed by atoms with Crippen LogP contribution in [0.3, 0.4) is 0 Å². The van der Waals surface area contributed by atoms with Gasteiger partial charge in [0.2, 0.25) is 0 Å². The summed E-state index contributed by atoms with van der Waals surface area (Å²) in [6.45, 7) is 8.99. The van der Waals surface area contributed by atoms with E-state index in [2.05, 4.69) is 25.2 Å². The number of benzene rings is 1. The largest absolute Gasteiger partial charge is 0.484 e. The molecule has 24 heavy (non-hydrogen) atoms. The molecule has 0 radical (unpaired) electrons. The average Bonchev–Trinajstić information content (AvgIpc) is 2.60. The molecule has 0 spiro atoms. The van der Waals surface area contributed by atoms with Crippen molar-refractivity contribution in [1.82, 2.24) is 15.1 Å². The first-order chi connectivity index (χ1) is 11.5. The quantitative estimate of drug-likeness (QED) is 0.897. The van der Waals surface area contributed by atoms with Crippen molar-refractivity contribution in [2.24, 2.45) is 0 Å². The number of urea groups is 1. The molecule has 1 saturated heterocycles. The highest BCUT2D eigenvalue weighted by Gasteiger charge is 2.23. The molecule has 0 aromatic heterocycles. The van der Waals surface area contributed by atoms with Crippen LogP contribution in [0.5, 0.6) is 5.75 Å². The van der Waals surface area contributed by atoms with Crippen LogP contribution in [0.1, 0.15) is 32.3 Å². The van der Waals surface area contributed by atoms with Crippen molar-refractivity contribution in [2.45, 2.75) is 26.7 Å². The van der Waals surface area contributed by atoms with Gasteiger partial charge >= 0.3 is 6.03 Å². The summed E-state index contributed by atoms with van der Waals surface area (Å²) in [5.74, 6) is 1.10. The number of piperazine rings is 1. The van der Waals surface area contributed by atoms with Crippen LogP contribution in [0, 0.1) is 0 Å². The third kappa shape index (κ3) is 4.88. The molecule has 0 bridgehead atoms. The SMILES string of the molecule is CCNC(=O)N1CCN(C(=O)COc2cccc(C(C)C)c2)CC1. The Morgan fingerprint density at radius 1 is 1.17 bits per heavy atom. The maximum atomic E-state index is 12.3. The molecule has 1 fully saturated rings. The Morgan fingerprint density at radius 2 is 1.83 bits per heavy atom. The fourth-order valence-electron chi connectivity index (χ4n) is 2.62. The minimum atomic E-state index is -0.0636. The molecule has 0 aliphatic carbocycles. The molecule has 132 valence electrons. The number of carbonyl (C=O) groups excluding carboxylic acids is 2. The van der Waals surface area contributed by atoms with Crippen LogP contribution in [0.15, 0.2) is 24.3 Å². The van der Waals surface area contributed by atoms with Crippen LogP contribution in [0.2, 0.25) is 0 Å². The van der Waals surface area contributed by atoms with Gasteiger partial charge in [0.1, 0.15) is 5.75 Å². The Bertz CT molecular complexity index is 566. The van der Waals surface area contributed by atoms with Crippen molar-refractivity contribution in [3.63, 3.8) is 0 Å². The Balaban J connectivity index is 1.80. The van der Waals surface area contributed by atoms with Gasteiger partial charge in [0, 0.05) is 32.7 Å². The summed E-state index contributed by atoms with van der Waals surface area (Å²) >= 11 is 0. The van der Waals surface area contributed by atoms with Crippen LogP contribution >= 0.6 is 0 Å². The highest BCUT2D eigenvalue weighted by molar-refractivity contribution is 5.79. The lowest BCUT2D eigenvalue weighted by Crippen LogP contribution is -2.53. The summed E-state index contributed by atoms with van der Waals surface area (Å²) < 4.78 is 5.64. The standard InChI is InChI=1S/C18H27N3O3/c1-4-19-18(23)21-10-8-20(9-11-21)17(22)13-24-16-7-5-6-15(12-16)14(2)3/h5-7,12,14H,4,8-11,13H2,1-3H3,(H,19,23). The number of carbonyl (C=O) groups is 2. The van der Waals surface area contributed by atoms with Gasteiger partial charge in [-0.3, -0.25) is 4.79 Å². The molecule has 3 amide bonds. The Morgan fingerprint density at radius 3 is 2.46 bits per heavy atom. The third-order valence-corrected chi connectivity index (χ3v) is 4.13. The molecule has 0 saturated carbocycles. The molecule has 1 aliphatic heterocycles. The monoisotopic (exact) mass is 333 g/mol. The van der Waals surface area contributed by atoms with E-state index in [1.54, 1.807) is 9.80 Å². The van der Waals surface area contributed by atoms with Crippen LogP contribution in [-0.4, -0.2) is 61.1 Å². The van der Waals surface area contributed by atoms with Crippen LogP contribution < -0.4 is 10.1 Å². The molecule has 1 aromatic rings. The van der Waals surface area contributed by atoms with Gasteiger partial charge in [-0.25, -0.2) is 4.79 Å². The summed E-state index contributed by atoms with van der Waals surface area (Å²) in [5, 5.41) is 2.78. The van der Waals surface area contributed by atoms with E-state index in [9.17, 15) is 9.59 Å². The first kappa shape index (κ1) is 18.1. The van der Waals surface area contributed by atoms with Crippen molar-refractivity contribution in [3.05, 3.63) is 29.8 Å². The second-order valence-electron chi connectivity index (χ2n) is 6.22. The highest BCUT2D eigenvalue weighted by atomic mass is 16.5. The molecule has 1 N–H and O–H groups in total. The van der Waals surface area contributed by atoms with E-state index < -0.39 is 0 Å². The van der Waals surface area contributed by atoms with Gasteiger partial charge in [-0.05, 0) is 30.5 Å². The summed E-state index contributed by atoms with van der Waals surface area (Å²) in [6, 6.07) is 7.78. The fraction of sp³-hybridized carbons (Fsp3) is 0.556. The van der Waals surface area contributed by atoms with Crippen molar-refractivity contribution in [2.75, 3.05) is 39.3 Å². The maximum absolute atomic E-state index is 12.3. The number of hydrogen-bond donors (Lipinski definition) is 1. The maximum Gasteiger partial charge on any atom is 0.317 e. The molecule has 0 unspecified atom stereocenters. The van der Waals surface area contributed by atoms with Gasteiger partial charge in [0.25, 0.3) is 5.91 Å². The molecule has 6 nitrogen and oxygen atoms in total. The molecule has 0 atom stereocenters. The van der Waals surface area contributed by atoms with Crippen molar-refractivity contribution < 1.29 is 14.3 Å². The van der Waals surface area contributed by atoms with Crippen LogP contribution in [-0.2, 0) is 4.79 Å². The molecule has 6 heteroatoms. The van der Waals surface area contributed by atoms with E-state index in [1.807, 2.05) is 25.1 Å². The van der Waals surface area contributed by atoms with Gasteiger partial charge < -0.3 is 19.9 Å². The zero-order chi connectivity index (χ0) is 17.5. The van der Waals surface area contributed by atoms with Crippen molar-refractivity contribution >= 4 is 11.9 Å². The number of ether oxygens (including phenoxy) is 1. The molecular weight excluding hydrogens is 306 g/mol. The third-order valence-electron chi connectivity index (χ3n) is 4.13. The molecule has 1 aromatic carbocycles. The van der Waals surface area contributed by atoms with Crippen molar-refractivity contribution in [3.8, 4) is 5.75 Å². The van der Waals surface area contributed by atoms with Crippen LogP contribution in [0.25, 0.3) is 0 Å². The highest BCUT2D eigenvalue weighted by Crippen LogP contribution is 2.20. The Hall–Kier alpha value is -2.24. The Kier molecular flexibility index (Phi) is 6.46. The normalized spacial score (nSPS) is 14.7. The van der Waals surface area contributed by atoms with Gasteiger partial charge in [-0.1, -0.05) is 26.0 Å². The lowest BCUT2D eigenvalue weighted by atomic mass is 10.0. The van der Waals surface area contributed by atoms with E-state index in [-0.39, 0.29) is 18.5 Å². The minimum Gasteiger partial charge on any atom is -0.484 e. The fourth-order valence-corrected chi connectivity index (χ4v) is 2.62. The molecule has 1 aliphatic rings. The van der Waals surface area contributed by atoms with E-state index in [4.69, 9.17) is 4.74 Å². The van der Waals surface area contributed by atoms with E-state index in [0.29, 0.717) is 38.6 Å². The second kappa shape index (κ2) is 8.57. The predicted molar refractivity (Wildman–Crippen MR) is 93.3 cm³/mol. The first-order valence-corrected chi connectivity index (χ1v) is 8.54. The summed E-state index contributed by atoms with van der Waals surface area (Å²) in [5.41, 5.74) is 1.19. The minimum absolute atomic E-state index is 0.0305. The number of hydrogen-bond acceptors (Lipinski definition) is 3. The van der Waals surface area contributed by atoms with Gasteiger partial charge in [0.15, 0.2) is 6.61 Å². The van der Waals surface area contributed by atoms with Gasteiger partial charge in [-0.2, -0.15) is 0 Å². The summed E-state index contributed by atoms with van der Waals surface area (Å²) in [4.78, 5) is 27.5. The average molecular weight is 333 g/mol. The zero-order valence-electron chi connectivity index (χ0n) is 14.7. The lowest BCUT2D eigenvalue weighted by Gasteiger charge is -2.34. The zero-order valence-corrected chi connectivity index (χ0v) is 14.7. The second-order valence-corrected chi connectivity index (χ2v) is 6.22. The number of nitrogens with zero attached hydrogens (tertiary/aromatic N) is 2.